The maximum absolute atomic E-state index is 12.4. The summed E-state index contributed by atoms with van der Waals surface area (Å²) in [4.78, 5) is 14.3. The Morgan fingerprint density at radius 1 is 1.28 bits per heavy atom. The van der Waals surface area contributed by atoms with Crippen molar-refractivity contribution in [1.29, 1.82) is 0 Å². The summed E-state index contributed by atoms with van der Waals surface area (Å²) in [5.74, 6) is 0.146. The largest absolute Gasteiger partial charge is 0.337 e. The van der Waals surface area contributed by atoms with E-state index in [1.165, 1.54) is 11.8 Å². The second-order valence-electron chi connectivity index (χ2n) is 4.92. The quantitative estimate of drug-likeness (QED) is 0.767. The van der Waals surface area contributed by atoms with Crippen molar-refractivity contribution in [1.82, 2.24) is 19.7 Å². The van der Waals surface area contributed by atoms with Crippen molar-refractivity contribution >= 4 is 17.7 Å². The van der Waals surface area contributed by atoms with Gasteiger partial charge in [0.25, 0.3) is 0 Å². The number of hydrogen-bond acceptors (Lipinski definition) is 4. The monoisotopic (exact) mass is 270 g/mol. The van der Waals surface area contributed by atoms with Crippen molar-refractivity contribution in [2.75, 3.05) is 0 Å². The maximum atomic E-state index is 12.4. The van der Waals surface area contributed by atoms with Gasteiger partial charge in [-0.1, -0.05) is 11.8 Å². The average Bonchev–Trinajstić information content (AvgIpc) is 2.63. The molecule has 18 heavy (non-hydrogen) atoms. The third kappa shape index (κ3) is 3.48. The number of rotatable bonds is 5. The number of amides is 1. The van der Waals surface area contributed by atoms with E-state index in [1.54, 1.807) is 6.33 Å². The van der Waals surface area contributed by atoms with Gasteiger partial charge in [0, 0.05) is 19.1 Å². The molecule has 1 atom stereocenters. The lowest BCUT2D eigenvalue weighted by atomic mass is 10.2. The molecule has 0 aliphatic carbocycles. The number of hydrogen-bond donors (Lipinski definition) is 0. The Bertz CT molecular complexity index is 395. The van der Waals surface area contributed by atoms with Crippen molar-refractivity contribution in [3.63, 3.8) is 0 Å². The van der Waals surface area contributed by atoms with Crippen molar-refractivity contribution < 1.29 is 4.79 Å². The molecule has 1 unspecified atom stereocenters. The molecule has 1 aromatic rings. The summed E-state index contributed by atoms with van der Waals surface area (Å²) in [6.07, 6.45) is 1.64. The van der Waals surface area contributed by atoms with Gasteiger partial charge in [-0.05, 0) is 34.6 Å². The van der Waals surface area contributed by atoms with Gasteiger partial charge in [0.1, 0.15) is 6.33 Å². The van der Waals surface area contributed by atoms with Crippen molar-refractivity contribution in [2.24, 2.45) is 7.05 Å². The van der Waals surface area contributed by atoms with Gasteiger partial charge >= 0.3 is 0 Å². The Kier molecular flexibility index (Phi) is 5.19. The van der Waals surface area contributed by atoms with Gasteiger partial charge in [-0.3, -0.25) is 4.79 Å². The van der Waals surface area contributed by atoms with E-state index in [0.717, 1.165) is 5.16 Å². The first-order valence-corrected chi connectivity index (χ1v) is 7.05. The fourth-order valence-corrected chi connectivity index (χ4v) is 2.75. The summed E-state index contributed by atoms with van der Waals surface area (Å²) in [5.41, 5.74) is 0. The van der Waals surface area contributed by atoms with Crippen LogP contribution in [0, 0.1) is 0 Å². The first-order chi connectivity index (χ1) is 8.34. The lowest BCUT2D eigenvalue weighted by molar-refractivity contribution is -0.133. The second-order valence-corrected chi connectivity index (χ2v) is 6.23. The van der Waals surface area contributed by atoms with Crippen LogP contribution in [0.5, 0.6) is 0 Å². The minimum atomic E-state index is -0.155. The molecule has 102 valence electrons. The number of aromatic nitrogens is 3. The summed E-state index contributed by atoms with van der Waals surface area (Å²) in [5, 5.41) is 8.42. The van der Waals surface area contributed by atoms with Crippen LogP contribution in [-0.2, 0) is 11.8 Å². The number of nitrogens with zero attached hydrogens (tertiary/aromatic N) is 4. The Morgan fingerprint density at radius 3 is 2.22 bits per heavy atom. The Morgan fingerprint density at radius 2 is 1.83 bits per heavy atom. The molecule has 0 aliphatic heterocycles. The van der Waals surface area contributed by atoms with Crippen LogP contribution in [0.4, 0.5) is 0 Å². The normalized spacial score (nSPS) is 13.1. The molecule has 1 amide bonds. The van der Waals surface area contributed by atoms with Crippen LogP contribution >= 0.6 is 11.8 Å². The highest BCUT2D eigenvalue weighted by atomic mass is 32.2. The van der Waals surface area contributed by atoms with E-state index in [4.69, 9.17) is 0 Å². The second kappa shape index (κ2) is 6.22. The summed E-state index contributed by atoms with van der Waals surface area (Å²) >= 11 is 1.45. The Hall–Kier alpha value is -1.04. The lowest BCUT2D eigenvalue weighted by Crippen LogP contribution is -2.45. The molecular weight excluding hydrogens is 248 g/mol. The van der Waals surface area contributed by atoms with Crippen LogP contribution in [-0.4, -0.2) is 42.9 Å². The van der Waals surface area contributed by atoms with Crippen LogP contribution in [0.25, 0.3) is 0 Å². The number of aryl methyl sites for hydroxylation is 1. The van der Waals surface area contributed by atoms with Crippen molar-refractivity contribution in [3.05, 3.63) is 6.33 Å². The molecule has 1 rings (SSSR count). The van der Waals surface area contributed by atoms with Gasteiger partial charge in [0.05, 0.1) is 5.25 Å². The Labute approximate surface area is 113 Å². The molecule has 0 saturated heterocycles. The molecule has 0 radical (unpaired) electrons. The van der Waals surface area contributed by atoms with E-state index in [1.807, 2.05) is 51.1 Å². The first-order valence-electron chi connectivity index (χ1n) is 6.17. The molecule has 5 nitrogen and oxygen atoms in total. The van der Waals surface area contributed by atoms with E-state index in [-0.39, 0.29) is 23.2 Å². The van der Waals surface area contributed by atoms with Crippen LogP contribution in [0.3, 0.4) is 0 Å². The zero-order chi connectivity index (χ0) is 13.9. The smallest absolute Gasteiger partial charge is 0.236 e. The van der Waals surface area contributed by atoms with Crippen LogP contribution in [0.15, 0.2) is 11.5 Å². The SMILES string of the molecule is CC(Sc1nncn1C)C(=O)N(C(C)C)C(C)C. The van der Waals surface area contributed by atoms with Gasteiger partial charge in [-0.2, -0.15) is 0 Å². The summed E-state index contributed by atoms with van der Waals surface area (Å²) in [6.45, 7) is 10.1. The third-order valence-corrected chi connectivity index (χ3v) is 3.80. The van der Waals surface area contributed by atoms with E-state index in [0.29, 0.717) is 0 Å². The highest BCUT2D eigenvalue weighted by molar-refractivity contribution is 8.00. The molecular formula is C12H22N4OS. The first kappa shape index (κ1) is 15.0. The van der Waals surface area contributed by atoms with Gasteiger partial charge in [-0.25, -0.2) is 0 Å². The molecule has 6 heteroatoms. The zero-order valence-electron chi connectivity index (χ0n) is 11.9. The molecule has 1 heterocycles. The molecule has 0 bridgehead atoms. The number of carbonyl (C=O) groups is 1. The molecule has 0 aliphatic rings. The summed E-state index contributed by atoms with van der Waals surface area (Å²) in [7, 11) is 1.88. The van der Waals surface area contributed by atoms with E-state index in [2.05, 4.69) is 10.2 Å². The topological polar surface area (TPSA) is 51.0 Å². The van der Waals surface area contributed by atoms with Crippen LogP contribution < -0.4 is 0 Å². The molecule has 0 spiro atoms. The van der Waals surface area contributed by atoms with Crippen molar-refractivity contribution in [3.8, 4) is 0 Å². The predicted molar refractivity (Wildman–Crippen MR) is 73.4 cm³/mol. The summed E-state index contributed by atoms with van der Waals surface area (Å²) < 4.78 is 1.82. The fourth-order valence-electron chi connectivity index (χ4n) is 1.90. The van der Waals surface area contributed by atoms with Crippen LogP contribution in [0.1, 0.15) is 34.6 Å². The molecule has 0 aromatic carbocycles. The molecule has 0 N–H and O–H groups in total. The van der Waals surface area contributed by atoms with Gasteiger partial charge in [-0.15, -0.1) is 10.2 Å². The lowest BCUT2D eigenvalue weighted by Gasteiger charge is -2.32. The molecule has 1 aromatic heterocycles. The molecule has 0 fully saturated rings. The minimum Gasteiger partial charge on any atom is -0.337 e. The van der Waals surface area contributed by atoms with Gasteiger partial charge < -0.3 is 9.47 Å². The maximum Gasteiger partial charge on any atom is 0.236 e. The van der Waals surface area contributed by atoms with Crippen molar-refractivity contribution in [2.45, 2.75) is 57.1 Å². The summed E-state index contributed by atoms with van der Waals surface area (Å²) in [6, 6.07) is 0.417. The van der Waals surface area contributed by atoms with Gasteiger partial charge in [0.15, 0.2) is 5.16 Å². The minimum absolute atomic E-state index is 0.146. The standard InChI is InChI=1S/C12H22N4OS/c1-8(2)16(9(3)4)11(17)10(5)18-12-14-13-7-15(12)6/h7-10H,1-6H3. The Balaban J connectivity index is 2.74. The fraction of sp³-hybridized carbons (Fsp3) is 0.750. The highest BCUT2D eigenvalue weighted by Gasteiger charge is 2.26. The zero-order valence-corrected chi connectivity index (χ0v) is 12.7. The third-order valence-electron chi connectivity index (χ3n) is 2.67. The van der Waals surface area contributed by atoms with E-state index < -0.39 is 0 Å². The highest BCUT2D eigenvalue weighted by Crippen LogP contribution is 2.23. The van der Waals surface area contributed by atoms with Crippen LogP contribution in [0.2, 0.25) is 0 Å². The predicted octanol–water partition coefficient (Wildman–Crippen LogP) is 1.94. The van der Waals surface area contributed by atoms with E-state index in [9.17, 15) is 4.79 Å². The number of thioether (sulfide) groups is 1. The molecule has 0 saturated carbocycles. The number of carbonyl (C=O) groups excluding carboxylic acids is 1. The average molecular weight is 270 g/mol. The van der Waals surface area contributed by atoms with E-state index >= 15 is 0 Å². The van der Waals surface area contributed by atoms with Gasteiger partial charge in [0.2, 0.25) is 5.91 Å².